The van der Waals surface area contributed by atoms with E-state index >= 15 is 0 Å². The first kappa shape index (κ1) is 15.2. The molecular weight excluding hydrogens is 250 g/mol. The fourth-order valence-electron chi connectivity index (χ4n) is 2.51. The van der Waals surface area contributed by atoms with Crippen molar-refractivity contribution < 1.29 is 9.47 Å². The molecule has 0 saturated heterocycles. The van der Waals surface area contributed by atoms with E-state index in [2.05, 4.69) is 24.4 Å². The Bertz CT molecular complexity index is 415. The number of methoxy groups -OCH3 is 1. The molecule has 0 heterocycles. The molecule has 1 saturated carbocycles. The van der Waals surface area contributed by atoms with Gasteiger partial charge >= 0.3 is 0 Å². The molecule has 2 rings (SSSR count). The maximum Gasteiger partial charge on any atom is 0.161 e. The summed E-state index contributed by atoms with van der Waals surface area (Å²) in [6, 6.07) is 6.82. The average Bonchev–Trinajstić information content (AvgIpc) is 3.28. The zero-order chi connectivity index (χ0) is 14.4. The van der Waals surface area contributed by atoms with Crippen molar-refractivity contribution in [1.29, 1.82) is 0 Å². The lowest BCUT2D eigenvalue weighted by Crippen LogP contribution is -2.28. The Morgan fingerprint density at radius 2 is 2.05 bits per heavy atom. The van der Waals surface area contributed by atoms with Gasteiger partial charge in [0.2, 0.25) is 0 Å². The summed E-state index contributed by atoms with van der Waals surface area (Å²) in [6.45, 7) is 5.81. The maximum absolute atomic E-state index is 5.62. The first-order chi connectivity index (χ1) is 9.76. The van der Waals surface area contributed by atoms with Gasteiger partial charge in [0.05, 0.1) is 13.7 Å². The van der Waals surface area contributed by atoms with Crippen molar-refractivity contribution in [3.63, 3.8) is 0 Å². The Morgan fingerprint density at radius 3 is 2.65 bits per heavy atom. The molecule has 0 bridgehead atoms. The molecule has 20 heavy (non-hydrogen) atoms. The first-order valence-electron chi connectivity index (χ1n) is 7.79. The summed E-state index contributed by atoms with van der Waals surface area (Å²) in [6.07, 6.45) is 5.38. The van der Waals surface area contributed by atoms with E-state index < -0.39 is 0 Å². The molecule has 1 aromatic carbocycles. The third-order valence-corrected chi connectivity index (χ3v) is 3.93. The minimum absolute atomic E-state index is 0.639. The van der Waals surface area contributed by atoms with Crippen LogP contribution in [0.15, 0.2) is 18.2 Å². The average molecular weight is 277 g/mol. The molecular formula is C17H27NO2. The van der Waals surface area contributed by atoms with Crippen LogP contribution in [-0.4, -0.2) is 19.8 Å². The number of hydrogen-bond acceptors (Lipinski definition) is 3. The monoisotopic (exact) mass is 277 g/mol. The smallest absolute Gasteiger partial charge is 0.161 e. The summed E-state index contributed by atoms with van der Waals surface area (Å²) in [7, 11) is 1.68. The van der Waals surface area contributed by atoms with Gasteiger partial charge in [0.25, 0.3) is 0 Å². The van der Waals surface area contributed by atoms with Crippen LogP contribution in [-0.2, 0) is 6.54 Å². The third kappa shape index (κ3) is 4.41. The Hall–Kier alpha value is -1.22. The highest BCUT2D eigenvalue weighted by atomic mass is 16.5. The Balaban J connectivity index is 1.92. The zero-order valence-corrected chi connectivity index (χ0v) is 12.9. The van der Waals surface area contributed by atoms with E-state index in [0.717, 1.165) is 24.0 Å². The predicted molar refractivity (Wildman–Crippen MR) is 82.4 cm³/mol. The third-order valence-electron chi connectivity index (χ3n) is 3.93. The lowest BCUT2D eigenvalue weighted by Gasteiger charge is -2.17. The second kappa shape index (κ2) is 7.53. The first-order valence-corrected chi connectivity index (χ1v) is 7.79. The summed E-state index contributed by atoms with van der Waals surface area (Å²) in [5.74, 6) is 2.62. The summed E-state index contributed by atoms with van der Waals surface area (Å²) in [4.78, 5) is 0. The molecule has 1 aliphatic rings. The fraction of sp³-hybridized carbons (Fsp3) is 0.647. The molecule has 0 aromatic heterocycles. The SMILES string of the molecule is CCOc1cc(CNC(CC)CC2CC2)ccc1OC. The van der Waals surface area contributed by atoms with Gasteiger partial charge in [-0.05, 0) is 43.4 Å². The van der Waals surface area contributed by atoms with Gasteiger partial charge in [-0.3, -0.25) is 0 Å². The van der Waals surface area contributed by atoms with E-state index in [4.69, 9.17) is 9.47 Å². The largest absolute Gasteiger partial charge is 0.493 e. The van der Waals surface area contributed by atoms with Crippen molar-refractivity contribution in [3.8, 4) is 11.5 Å². The van der Waals surface area contributed by atoms with Crippen LogP contribution >= 0.6 is 0 Å². The number of ether oxygens (including phenoxy) is 2. The molecule has 1 atom stereocenters. The molecule has 1 unspecified atom stereocenters. The summed E-state index contributed by atoms with van der Waals surface area (Å²) in [5, 5.41) is 3.67. The standard InChI is InChI=1S/C17H27NO2/c1-4-15(10-13-6-7-13)18-12-14-8-9-16(19-3)17(11-14)20-5-2/h8-9,11,13,15,18H,4-7,10,12H2,1-3H3. The van der Waals surface area contributed by atoms with E-state index in [9.17, 15) is 0 Å². The van der Waals surface area contributed by atoms with Crippen LogP contribution in [0.2, 0.25) is 0 Å². The van der Waals surface area contributed by atoms with Crippen molar-refractivity contribution in [2.45, 2.75) is 52.1 Å². The van der Waals surface area contributed by atoms with Crippen molar-refractivity contribution in [3.05, 3.63) is 23.8 Å². The second-order valence-corrected chi connectivity index (χ2v) is 5.58. The topological polar surface area (TPSA) is 30.5 Å². The lowest BCUT2D eigenvalue weighted by atomic mass is 10.1. The lowest BCUT2D eigenvalue weighted by molar-refractivity contribution is 0.310. The highest BCUT2D eigenvalue weighted by Gasteiger charge is 2.24. The summed E-state index contributed by atoms with van der Waals surface area (Å²) >= 11 is 0. The number of benzene rings is 1. The van der Waals surface area contributed by atoms with Crippen molar-refractivity contribution in [1.82, 2.24) is 5.32 Å². The molecule has 3 nitrogen and oxygen atoms in total. The maximum atomic E-state index is 5.62. The van der Waals surface area contributed by atoms with Gasteiger partial charge in [-0.1, -0.05) is 25.8 Å². The Labute approximate surface area is 122 Å². The van der Waals surface area contributed by atoms with Crippen LogP contribution in [0, 0.1) is 5.92 Å². The van der Waals surface area contributed by atoms with Gasteiger partial charge < -0.3 is 14.8 Å². The highest BCUT2D eigenvalue weighted by molar-refractivity contribution is 5.42. The molecule has 0 aliphatic heterocycles. The molecule has 1 fully saturated rings. The molecule has 0 radical (unpaired) electrons. The molecule has 1 aliphatic carbocycles. The molecule has 1 N–H and O–H groups in total. The van der Waals surface area contributed by atoms with E-state index in [1.807, 2.05) is 13.0 Å². The van der Waals surface area contributed by atoms with Gasteiger partial charge in [0, 0.05) is 12.6 Å². The van der Waals surface area contributed by atoms with E-state index in [-0.39, 0.29) is 0 Å². The number of nitrogens with one attached hydrogen (secondary N) is 1. The second-order valence-electron chi connectivity index (χ2n) is 5.58. The van der Waals surface area contributed by atoms with Gasteiger partial charge in [-0.15, -0.1) is 0 Å². The molecule has 112 valence electrons. The fourth-order valence-corrected chi connectivity index (χ4v) is 2.51. The quantitative estimate of drug-likeness (QED) is 0.745. The molecule has 0 spiro atoms. The minimum atomic E-state index is 0.639. The highest BCUT2D eigenvalue weighted by Crippen LogP contribution is 2.34. The summed E-state index contributed by atoms with van der Waals surface area (Å²) in [5.41, 5.74) is 1.25. The van der Waals surface area contributed by atoms with E-state index in [1.54, 1.807) is 7.11 Å². The number of rotatable bonds is 9. The van der Waals surface area contributed by atoms with E-state index in [0.29, 0.717) is 12.6 Å². The van der Waals surface area contributed by atoms with Crippen molar-refractivity contribution >= 4 is 0 Å². The van der Waals surface area contributed by atoms with Crippen LogP contribution < -0.4 is 14.8 Å². The van der Waals surface area contributed by atoms with Gasteiger partial charge in [0.1, 0.15) is 0 Å². The van der Waals surface area contributed by atoms with Crippen LogP contribution in [0.4, 0.5) is 0 Å². The van der Waals surface area contributed by atoms with Crippen molar-refractivity contribution in [2.75, 3.05) is 13.7 Å². The van der Waals surface area contributed by atoms with Crippen LogP contribution in [0.3, 0.4) is 0 Å². The van der Waals surface area contributed by atoms with Gasteiger partial charge in [0.15, 0.2) is 11.5 Å². The minimum Gasteiger partial charge on any atom is -0.493 e. The Kier molecular flexibility index (Phi) is 5.72. The van der Waals surface area contributed by atoms with E-state index in [1.165, 1.54) is 31.2 Å². The zero-order valence-electron chi connectivity index (χ0n) is 12.9. The van der Waals surface area contributed by atoms with Crippen LogP contribution in [0.25, 0.3) is 0 Å². The van der Waals surface area contributed by atoms with Gasteiger partial charge in [-0.25, -0.2) is 0 Å². The van der Waals surface area contributed by atoms with Crippen LogP contribution in [0.1, 0.15) is 45.1 Å². The van der Waals surface area contributed by atoms with Crippen LogP contribution in [0.5, 0.6) is 11.5 Å². The normalized spacial score (nSPS) is 15.9. The molecule has 1 aromatic rings. The number of hydrogen-bond donors (Lipinski definition) is 1. The molecule has 3 heteroatoms. The predicted octanol–water partition coefficient (Wildman–Crippen LogP) is 3.76. The van der Waals surface area contributed by atoms with Gasteiger partial charge in [-0.2, -0.15) is 0 Å². The Morgan fingerprint density at radius 1 is 1.25 bits per heavy atom. The summed E-state index contributed by atoms with van der Waals surface area (Å²) < 4.78 is 10.9. The molecule has 0 amide bonds. The van der Waals surface area contributed by atoms with Crippen molar-refractivity contribution in [2.24, 2.45) is 5.92 Å².